The molecule has 0 spiro atoms. The average molecular weight is 263 g/mol. The minimum atomic E-state index is -0.269. The second kappa shape index (κ2) is 6.57. The molecule has 2 rings (SSSR count). The summed E-state index contributed by atoms with van der Waals surface area (Å²) in [6.45, 7) is 5.01. The molecule has 104 valence electrons. The van der Waals surface area contributed by atoms with Gasteiger partial charge in [0.15, 0.2) is 0 Å². The molecule has 0 amide bonds. The second-order valence-electron chi connectivity index (χ2n) is 4.69. The molecule has 0 aromatic heterocycles. The second-order valence-corrected chi connectivity index (χ2v) is 4.69. The van der Waals surface area contributed by atoms with Crippen molar-refractivity contribution in [1.29, 1.82) is 0 Å². The third-order valence-corrected chi connectivity index (χ3v) is 3.26. The number of hydrogen-bond donors (Lipinski definition) is 1. The molecule has 19 heavy (non-hydrogen) atoms. The van der Waals surface area contributed by atoms with E-state index in [1.165, 1.54) is 0 Å². The third kappa shape index (κ3) is 3.70. The van der Waals surface area contributed by atoms with Gasteiger partial charge in [-0.15, -0.1) is 0 Å². The Morgan fingerprint density at radius 3 is 2.47 bits per heavy atom. The minimum Gasteiger partial charge on any atom is -0.462 e. The Balaban J connectivity index is 1.81. The maximum atomic E-state index is 11.5. The maximum absolute atomic E-state index is 11.5. The van der Waals surface area contributed by atoms with E-state index in [1.807, 2.05) is 19.1 Å². The smallest absolute Gasteiger partial charge is 0.338 e. The molecule has 0 unspecified atom stereocenters. The van der Waals surface area contributed by atoms with E-state index in [4.69, 9.17) is 9.47 Å². The van der Waals surface area contributed by atoms with Gasteiger partial charge in [-0.1, -0.05) is 0 Å². The molecule has 0 heterocycles. The van der Waals surface area contributed by atoms with E-state index in [-0.39, 0.29) is 5.97 Å². The Kier molecular flexibility index (Phi) is 4.80. The van der Waals surface area contributed by atoms with Gasteiger partial charge in [0.1, 0.15) is 0 Å². The normalized spacial score (nSPS) is 21.6. The number of nitrogens with one attached hydrogen (secondary N) is 1. The van der Waals surface area contributed by atoms with Gasteiger partial charge in [0.25, 0.3) is 0 Å². The Bertz CT molecular complexity index is 410. The van der Waals surface area contributed by atoms with Gasteiger partial charge in [0, 0.05) is 18.3 Å². The summed E-state index contributed by atoms with van der Waals surface area (Å²) >= 11 is 0. The van der Waals surface area contributed by atoms with Crippen molar-refractivity contribution in [2.45, 2.75) is 38.8 Å². The van der Waals surface area contributed by atoms with Gasteiger partial charge in [-0.05, 0) is 51.0 Å². The van der Waals surface area contributed by atoms with Crippen LogP contribution >= 0.6 is 0 Å². The highest BCUT2D eigenvalue weighted by Gasteiger charge is 2.29. The van der Waals surface area contributed by atoms with Gasteiger partial charge in [-0.2, -0.15) is 0 Å². The lowest BCUT2D eigenvalue weighted by Gasteiger charge is -2.36. The van der Waals surface area contributed by atoms with Crippen molar-refractivity contribution in [2.75, 3.05) is 18.5 Å². The Labute approximate surface area is 114 Å². The van der Waals surface area contributed by atoms with Crippen LogP contribution in [0.15, 0.2) is 24.3 Å². The van der Waals surface area contributed by atoms with Crippen molar-refractivity contribution in [3.8, 4) is 0 Å². The summed E-state index contributed by atoms with van der Waals surface area (Å²) in [5.41, 5.74) is 1.63. The van der Waals surface area contributed by atoms with Gasteiger partial charge in [0.2, 0.25) is 0 Å². The molecular formula is C15H21NO3. The molecule has 1 saturated carbocycles. The van der Waals surface area contributed by atoms with Gasteiger partial charge < -0.3 is 14.8 Å². The predicted molar refractivity (Wildman–Crippen MR) is 74.5 cm³/mol. The third-order valence-electron chi connectivity index (χ3n) is 3.26. The number of ether oxygens (including phenoxy) is 2. The summed E-state index contributed by atoms with van der Waals surface area (Å²) in [5.74, 6) is -0.269. The number of rotatable bonds is 6. The summed E-state index contributed by atoms with van der Waals surface area (Å²) in [7, 11) is 0. The van der Waals surface area contributed by atoms with E-state index < -0.39 is 0 Å². The first kappa shape index (κ1) is 13.9. The van der Waals surface area contributed by atoms with E-state index in [0.717, 1.165) is 25.1 Å². The zero-order valence-electron chi connectivity index (χ0n) is 11.5. The SMILES string of the molecule is CCOC(=O)c1ccc(NC2CC(OCC)C2)cc1. The zero-order valence-corrected chi connectivity index (χ0v) is 11.5. The molecule has 1 aliphatic carbocycles. The fraction of sp³-hybridized carbons (Fsp3) is 0.533. The molecule has 4 heteroatoms. The van der Waals surface area contributed by atoms with Crippen LogP contribution in [-0.2, 0) is 9.47 Å². The van der Waals surface area contributed by atoms with Gasteiger partial charge in [-0.3, -0.25) is 0 Å². The van der Waals surface area contributed by atoms with E-state index in [0.29, 0.717) is 24.3 Å². The zero-order chi connectivity index (χ0) is 13.7. The average Bonchev–Trinajstić information content (AvgIpc) is 2.37. The number of benzene rings is 1. The van der Waals surface area contributed by atoms with Crippen LogP contribution < -0.4 is 5.32 Å². The number of esters is 1. The molecule has 0 aliphatic heterocycles. The first-order valence-corrected chi connectivity index (χ1v) is 6.88. The molecular weight excluding hydrogens is 242 g/mol. The van der Waals surface area contributed by atoms with E-state index >= 15 is 0 Å². The van der Waals surface area contributed by atoms with E-state index in [2.05, 4.69) is 5.32 Å². The lowest BCUT2D eigenvalue weighted by molar-refractivity contribution is 0.00299. The molecule has 0 atom stereocenters. The highest BCUT2D eigenvalue weighted by Crippen LogP contribution is 2.26. The summed E-state index contributed by atoms with van der Waals surface area (Å²) in [4.78, 5) is 11.5. The standard InChI is InChI=1S/C15H21NO3/c1-3-18-14-9-13(10-14)16-12-7-5-11(6-8-12)15(17)19-4-2/h5-8,13-14,16H,3-4,9-10H2,1-2H3. The monoisotopic (exact) mass is 263 g/mol. The van der Waals surface area contributed by atoms with Gasteiger partial charge in [-0.25, -0.2) is 4.79 Å². The quantitative estimate of drug-likeness (QED) is 0.802. The fourth-order valence-corrected chi connectivity index (χ4v) is 2.21. The number of anilines is 1. The van der Waals surface area contributed by atoms with Crippen LogP contribution in [0.4, 0.5) is 5.69 Å². The van der Waals surface area contributed by atoms with Crippen LogP contribution in [-0.4, -0.2) is 31.3 Å². The number of hydrogen-bond acceptors (Lipinski definition) is 4. The van der Waals surface area contributed by atoms with Crippen LogP contribution in [0.2, 0.25) is 0 Å². The molecule has 1 N–H and O–H groups in total. The Hall–Kier alpha value is -1.55. The molecule has 4 nitrogen and oxygen atoms in total. The van der Waals surface area contributed by atoms with Crippen LogP contribution in [0.5, 0.6) is 0 Å². The van der Waals surface area contributed by atoms with Crippen molar-refractivity contribution >= 4 is 11.7 Å². The van der Waals surface area contributed by atoms with Crippen molar-refractivity contribution in [1.82, 2.24) is 0 Å². The van der Waals surface area contributed by atoms with Gasteiger partial charge in [0.05, 0.1) is 18.3 Å². The summed E-state index contributed by atoms with van der Waals surface area (Å²) in [6, 6.07) is 7.89. The summed E-state index contributed by atoms with van der Waals surface area (Å²) in [6.07, 6.45) is 2.50. The lowest BCUT2D eigenvalue weighted by atomic mass is 9.89. The summed E-state index contributed by atoms with van der Waals surface area (Å²) < 4.78 is 10.5. The van der Waals surface area contributed by atoms with Crippen LogP contribution in [0.3, 0.4) is 0 Å². The highest BCUT2D eigenvalue weighted by atomic mass is 16.5. The topological polar surface area (TPSA) is 47.6 Å². The number of carbonyl (C=O) groups excluding carboxylic acids is 1. The summed E-state index contributed by atoms with van der Waals surface area (Å²) in [5, 5.41) is 3.43. The first-order chi connectivity index (χ1) is 9.22. The largest absolute Gasteiger partial charge is 0.462 e. The first-order valence-electron chi connectivity index (χ1n) is 6.88. The van der Waals surface area contributed by atoms with Crippen molar-refractivity contribution in [2.24, 2.45) is 0 Å². The molecule has 0 radical (unpaired) electrons. The molecule has 0 bridgehead atoms. The maximum Gasteiger partial charge on any atom is 0.338 e. The van der Waals surface area contributed by atoms with E-state index in [9.17, 15) is 4.79 Å². The molecule has 1 aromatic carbocycles. The van der Waals surface area contributed by atoms with Crippen molar-refractivity contribution < 1.29 is 14.3 Å². The van der Waals surface area contributed by atoms with Crippen molar-refractivity contribution in [3.05, 3.63) is 29.8 Å². The van der Waals surface area contributed by atoms with Crippen LogP contribution in [0, 0.1) is 0 Å². The van der Waals surface area contributed by atoms with Crippen LogP contribution in [0.25, 0.3) is 0 Å². The molecule has 1 aromatic rings. The molecule has 1 fully saturated rings. The Morgan fingerprint density at radius 1 is 1.21 bits per heavy atom. The van der Waals surface area contributed by atoms with Crippen molar-refractivity contribution in [3.63, 3.8) is 0 Å². The van der Waals surface area contributed by atoms with Gasteiger partial charge >= 0.3 is 5.97 Å². The fourth-order valence-electron chi connectivity index (χ4n) is 2.21. The highest BCUT2D eigenvalue weighted by molar-refractivity contribution is 5.89. The van der Waals surface area contributed by atoms with Crippen LogP contribution in [0.1, 0.15) is 37.0 Å². The minimum absolute atomic E-state index is 0.269. The Morgan fingerprint density at radius 2 is 1.89 bits per heavy atom. The number of carbonyl (C=O) groups is 1. The molecule has 1 aliphatic rings. The predicted octanol–water partition coefficient (Wildman–Crippen LogP) is 2.84. The molecule has 0 saturated heterocycles. The lowest BCUT2D eigenvalue weighted by Crippen LogP contribution is -2.40. The van der Waals surface area contributed by atoms with E-state index in [1.54, 1.807) is 19.1 Å².